The molecule has 0 saturated carbocycles. The molecule has 186 valence electrons. The van der Waals surface area contributed by atoms with Crippen LogP contribution in [0.3, 0.4) is 0 Å². The smallest absolute Gasteiger partial charge is 0.257 e. The second kappa shape index (κ2) is 10.9. The fourth-order valence-electron chi connectivity index (χ4n) is 4.55. The topological polar surface area (TPSA) is 106 Å². The maximum Gasteiger partial charge on any atom is 0.257 e. The number of para-hydroxylation sites is 1. The van der Waals surface area contributed by atoms with Gasteiger partial charge in [-0.25, -0.2) is 0 Å². The fourth-order valence-corrected chi connectivity index (χ4v) is 4.55. The number of rotatable bonds is 6. The molecule has 2 N–H and O–H groups in total. The Labute approximate surface area is 204 Å². The molecule has 2 aliphatic heterocycles. The predicted octanol–water partition coefficient (Wildman–Crippen LogP) is 2.99. The molecular formula is C26H31N3O6. The van der Waals surface area contributed by atoms with E-state index in [0.29, 0.717) is 29.8 Å². The van der Waals surface area contributed by atoms with E-state index in [0.717, 1.165) is 11.3 Å². The summed E-state index contributed by atoms with van der Waals surface area (Å²) < 4.78 is 17.1. The number of ether oxygens (including phenoxy) is 3. The number of carbonyl (C=O) groups is 3. The van der Waals surface area contributed by atoms with E-state index in [1.165, 1.54) is 7.11 Å². The fraction of sp³-hybridized carbons (Fsp3) is 0.423. The minimum atomic E-state index is -0.358. The molecule has 1 saturated heterocycles. The highest BCUT2D eigenvalue weighted by Crippen LogP contribution is 2.32. The van der Waals surface area contributed by atoms with Crippen molar-refractivity contribution < 1.29 is 28.6 Å². The van der Waals surface area contributed by atoms with Crippen molar-refractivity contribution in [1.82, 2.24) is 4.90 Å². The lowest BCUT2D eigenvalue weighted by molar-refractivity contribution is -0.130. The number of amides is 3. The van der Waals surface area contributed by atoms with Crippen LogP contribution in [0.1, 0.15) is 35.2 Å². The molecule has 0 spiro atoms. The zero-order valence-electron chi connectivity index (χ0n) is 20.2. The summed E-state index contributed by atoms with van der Waals surface area (Å²) in [6, 6.07) is 12.4. The Balaban J connectivity index is 1.42. The van der Waals surface area contributed by atoms with Crippen molar-refractivity contribution in [3.05, 3.63) is 53.6 Å². The van der Waals surface area contributed by atoms with Gasteiger partial charge < -0.3 is 29.7 Å². The lowest BCUT2D eigenvalue weighted by atomic mass is 9.94. The maximum atomic E-state index is 13.3. The number of likely N-dealkylation sites (N-methyl/N-ethyl adjacent to an activating group) is 1. The van der Waals surface area contributed by atoms with Gasteiger partial charge in [0.15, 0.2) is 0 Å². The molecule has 35 heavy (non-hydrogen) atoms. The maximum absolute atomic E-state index is 13.3. The van der Waals surface area contributed by atoms with Gasteiger partial charge in [-0.05, 0) is 49.6 Å². The second-order valence-electron chi connectivity index (χ2n) is 8.93. The molecular weight excluding hydrogens is 450 g/mol. The van der Waals surface area contributed by atoms with Gasteiger partial charge >= 0.3 is 0 Å². The van der Waals surface area contributed by atoms with E-state index in [1.807, 2.05) is 31.2 Å². The van der Waals surface area contributed by atoms with Crippen LogP contribution in [0.4, 0.5) is 11.4 Å². The summed E-state index contributed by atoms with van der Waals surface area (Å²) in [7, 11) is 3.19. The van der Waals surface area contributed by atoms with Gasteiger partial charge in [0.2, 0.25) is 11.8 Å². The first-order valence-corrected chi connectivity index (χ1v) is 11.7. The third-order valence-corrected chi connectivity index (χ3v) is 6.40. The second-order valence-corrected chi connectivity index (χ2v) is 8.93. The van der Waals surface area contributed by atoms with Crippen molar-refractivity contribution in [2.75, 3.05) is 38.0 Å². The van der Waals surface area contributed by atoms with Crippen molar-refractivity contribution in [3.63, 3.8) is 0 Å². The van der Waals surface area contributed by atoms with Gasteiger partial charge in [0.05, 0.1) is 24.1 Å². The van der Waals surface area contributed by atoms with Crippen molar-refractivity contribution in [2.24, 2.45) is 0 Å². The number of nitrogens with one attached hydrogen (secondary N) is 2. The van der Waals surface area contributed by atoms with E-state index in [1.54, 1.807) is 30.1 Å². The summed E-state index contributed by atoms with van der Waals surface area (Å²) in [4.78, 5) is 39.4. The van der Waals surface area contributed by atoms with Crippen LogP contribution < -0.4 is 15.4 Å². The van der Waals surface area contributed by atoms with E-state index >= 15 is 0 Å². The molecule has 2 aromatic rings. The third-order valence-electron chi connectivity index (χ3n) is 6.40. The van der Waals surface area contributed by atoms with Crippen LogP contribution in [0.25, 0.3) is 0 Å². The van der Waals surface area contributed by atoms with E-state index < -0.39 is 0 Å². The molecule has 0 unspecified atom stereocenters. The molecule has 2 aliphatic rings. The summed E-state index contributed by atoms with van der Waals surface area (Å²) in [5, 5.41) is 5.67. The molecule has 1 fully saturated rings. The number of methoxy groups -OCH3 is 1. The normalized spacial score (nSPS) is 21.6. The highest BCUT2D eigenvalue weighted by Gasteiger charge is 2.39. The molecule has 2 aromatic carbocycles. The van der Waals surface area contributed by atoms with Crippen LogP contribution in [0, 0.1) is 6.92 Å². The first-order valence-electron chi connectivity index (χ1n) is 11.7. The van der Waals surface area contributed by atoms with Crippen molar-refractivity contribution in [3.8, 4) is 5.75 Å². The molecule has 3 atom stereocenters. The quantitative estimate of drug-likeness (QED) is 0.657. The molecule has 0 radical (unpaired) electrons. The number of benzene rings is 2. The summed E-state index contributed by atoms with van der Waals surface area (Å²) in [6.07, 6.45) is 0.960. The third kappa shape index (κ3) is 5.80. The zero-order valence-corrected chi connectivity index (χ0v) is 20.2. The van der Waals surface area contributed by atoms with Gasteiger partial charge in [0.25, 0.3) is 5.91 Å². The lowest BCUT2D eigenvalue weighted by Crippen LogP contribution is -2.53. The summed E-state index contributed by atoms with van der Waals surface area (Å²) in [5.74, 6) is -0.199. The van der Waals surface area contributed by atoms with Crippen molar-refractivity contribution in [2.45, 2.75) is 44.4 Å². The Morgan fingerprint density at radius 1 is 1.11 bits per heavy atom. The van der Waals surface area contributed by atoms with Crippen molar-refractivity contribution in [1.29, 1.82) is 0 Å². The van der Waals surface area contributed by atoms with Gasteiger partial charge in [-0.3, -0.25) is 14.4 Å². The summed E-state index contributed by atoms with van der Waals surface area (Å²) in [6.45, 7) is 2.12. The summed E-state index contributed by atoms with van der Waals surface area (Å²) >= 11 is 0. The van der Waals surface area contributed by atoms with Crippen LogP contribution in [0.2, 0.25) is 0 Å². The van der Waals surface area contributed by atoms with Gasteiger partial charge in [0, 0.05) is 25.5 Å². The average Bonchev–Trinajstić information content (AvgIpc) is 2.83. The van der Waals surface area contributed by atoms with E-state index in [2.05, 4.69) is 10.6 Å². The number of hydrogen-bond acceptors (Lipinski definition) is 6. The van der Waals surface area contributed by atoms with Gasteiger partial charge in [-0.2, -0.15) is 0 Å². The van der Waals surface area contributed by atoms with E-state index in [-0.39, 0.29) is 55.6 Å². The average molecular weight is 482 g/mol. The highest BCUT2D eigenvalue weighted by molar-refractivity contribution is 6.00. The summed E-state index contributed by atoms with van der Waals surface area (Å²) in [5.41, 5.74) is 2.66. The standard InChI is InChI=1S/C26H31N3O6/c1-16-6-4-5-7-20(16)28-24(30)13-18-9-10-21-23(35-18)14-34-22-11-8-17(27-25(31)15-33-3)12-19(22)26(32)29(21)2/h4-8,11-12,18,21,23H,9-10,13-15H2,1-3H3,(H,27,31)(H,28,30)/t18-,21+,23-/m1/s1. The Kier molecular flexibility index (Phi) is 7.67. The van der Waals surface area contributed by atoms with Crippen LogP contribution in [-0.2, 0) is 19.1 Å². The number of fused-ring (bicyclic) bond motifs is 2. The van der Waals surface area contributed by atoms with E-state index in [4.69, 9.17) is 14.2 Å². The Morgan fingerprint density at radius 2 is 1.91 bits per heavy atom. The number of carbonyl (C=O) groups excluding carboxylic acids is 3. The van der Waals surface area contributed by atoms with Crippen LogP contribution in [0.5, 0.6) is 5.75 Å². The molecule has 0 aliphatic carbocycles. The minimum absolute atomic E-state index is 0.0767. The van der Waals surface area contributed by atoms with Crippen LogP contribution >= 0.6 is 0 Å². The largest absolute Gasteiger partial charge is 0.490 e. The number of hydrogen-bond donors (Lipinski definition) is 2. The molecule has 0 bridgehead atoms. The predicted molar refractivity (Wildman–Crippen MR) is 131 cm³/mol. The van der Waals surface area contributed by atoms with Gasteiger partial charge in [-0.15, -0.1) is 0 Å². The number of anilines is 2. The SMILES string of the molecule is COCC(=O)Nc1ccc2c(c1)C(=O)N(C)[C@H]1CC[C@H](CC(=O)Nc3ccccc3C)O[C@@H]1CO2. The van der Waals surface area contributed by atoms with Gasteiger partial charge in [0.1, 0.15) is 25.1 Å². The number of aryl methyl sites for hydroxylation is 1. The Morgan fingerprint density at radius 3 is 2.69 bits per heavy atom. The molecule has 9 nitrogen and oxygen atoms in total. The lowest BCUT2D eigenvalue weighted by Gasteiger charge is -2.42. The van der Waals surface area contributed by atoms with E-state index in [9.17, 15) is 14.4 Å². The highest BCUT2D eigenvalue weighted by atomic mass is 16.5. The minimum Gasteiger partial charge on any atom is -0.490 e. The van der Waals surface area contributed by atoms with Crippen LogP contribution in [0.15, 0.2) is 42.5 Å². The van der Waals surface area contributed by atoms with Crippen molar-refractivity contribution >= 4 is 29.1 Å². The molecule has 3 amide bonds. The molecule has 9 heteroatoms. The molecule has 4 rings (SSSR count). The van der Waals surface area contributed by atoms with Crippen LogP contribution in [-0.4, -0.2) is 68.2 Å². The molecule has 0 aromatic heterocycles. The number of nitrogens with zero attached hydrogens (tertiary/aromatic N) is 1. The Bertz CT molecular complexity index is 1100. The monoisotopic (exact) mass is 481 g/mol. The zero-order chi connectivity index (χ0) is 24.9. The Hall–Kier alpha value is -3.43. The first-order chi connectivity index (χ1) is 16.9. The first kappa shape index (κ1) is 24.7. The molecule has 2 heterocycles. The van der Waals surface area contributed by atoms with Gasteiger partial charge in [-0.1, -0.05) is 18.2 Å².